The van der Waals surface area contributed by atoms with Crippen LogP contribution in [0.4, 0.5) is 0 Å². The molecule has 14 heavy (non-hydrogen) atoms. The van der Waals surface area contributed by atoms with Gasteiger partial charge in [0.1, 0.15) is 5.76 Å². The van der Waals surface area contributed by atoms with Crippen molar-refractivity contribution < 1.29 is 4.42 Å². The van der Waals surface area contributed by atoms with Crippen molar-refractivity contribution in [1.29, 1.82) is 0 Å². The minimum atomic E-state index is 0.679. The summed E-state index contributed by atoms with van der Waals surface area (Å²) >= 11 is 0. The van der Waals surface area contributed by atoms with Crippen molar-refractivity contribution >= 4 is 0 Å². The zero-order valence-corrected chi connectivity index (χ0v) is 8.48. The predicted molar refractivity (Wildman–Crippen MR) is 55.8 cm³/mol. The molecule has 1 aliphatic heterocycles. The van der Waals surface area contributed by atoms with Crippen LogP contribution < -0.4 is 5.73 Å². The zero-order chi connectivity index (χ0) is 9.80. The number of rotatable bonds is 3. The van der Waals surface area contributed by atoms with Gasteiger partial charge in [-0.3, -0.25) is 4.90 Å². The third-order valence-electron chi connectivity index (χ3n) is 2.90. The Morgan fingerprint density at radius 1 is 1.57 bits per heavy atom. The quantitative estimate of drug-likeness (QED) is 0.792. The maximum absolute atomic E-state index is 5.69. The van der Waals surface area contributed by atoms with E-state index in [0.29, 0.717) is 5.92 Å². The van der Waals surface area contributed by atoms with Crippen molar-refractivity contribution in [3.63, 3.8) is 0 Å². The Morgan fingerprint density at radius 3 is 3.21 bits per heavy atom. The summed E-state index contributed by atoms with van der Waals surface area (Å²) < 4.78 is 5.33. The first-order valence-electron chi connectivity index (χ1n) is 5.33. The Hall–Kier alpha value is -0.800. The molecule has 1 aliphatic rings. The molecule has 1 aromatic rings. The highest BCUT2D eigenvalue weighted by Crippen LogP contribution is 2.17. The number of nitrogens with zero attached hydrogens (tertiary/aromatic N) is 1. The summed E-state index contributed by atoms with van der Waals surface area (Å²) in [5.41, 5.74) is 5.69. The van der Waals surface area contributed by atoms with E-state index in [-0.39, 0.29) is 0 Å². The van der Waals surface area contributed by atoms with E-state index < -0.39 is 0 Å². The van der Waals surface area contributed by atoms with Crippen LogP contribution in [-0.4, -0.2) is 24.5 Å². The van der Waals surface area contributed by atoms with Crippen LogP contribution in [0.2, 0.25) is 0 Å². The lowest BCUT2D eigenvalue weighted by Gasteiger charge is -2.31. The van der Waals surface area contributed by atoms with E-state index in [0.717, 1.165) is 25.4 Å². The summed E-state index contributed by atoms with van der Waals surface area (Å²) in [4.78, 5) is 2.43. The molecule has 1 unspecified atom stereocenters. The lowest BCUT2D eigenvalue weighted by atomic mass is 9.98. The van der Waals surface area contributed by atoms with E-state index in [1.165, 1.54) is 19.4 Å². The fourth-order valence-corrected chi connectivity index (χ4v) is 2.11. The van der Waals surface area contributed by atoms with E-state index in [2.05, 4.69) is 4.90 Å². The molecule has 1 fully saturated rings. The predicted octanol–water partition coefficient (Wildman–Crippen LogP) is 1.45. The number of likely N-dealkylation sites (tertiary alicyclic amines) is 1. The Kier molecular flexibility index (Phi) is 3.22. The molecule has 0 amide bonds. The van der Waals surface area contributed by atoms with E-state index >= 15 is 0 Å². The highest BCUT2D eigenvalue weighted by Gasteiger charge is 2.18. The van der Waals surface area contributed by atoms with Gasteiger partial charge in [-0.1, -0.05) is 0 Å². The van der Waals surface area contributed by atoms with Gasteiger partial charge in [0.25, 0.3) is 0 Å². The van der Waals surface area contributed by atoms with Crippen molar-refractivity contribution in [3.8, 4) is 0 Å². The Bertz CT molecular complexity index is 258. The van der Waals surface area contributed by atoms with E-state index in [4.69, 9.17) is 10.2 Å². The van der Waals surface area contributed by atoms with Gasteiger partial charge >= 0.3 is 0 Å². The molecule has 2 rings (SSSR count). The smallest absolute Gasteiger partial charge is 0.117 e. The SMILES string of the molecule is NCC1CCCN(Cc2ccco2)C1. The molecular formula is C11H18N2O. The molecule has 0 aromatic carbocycles. The van der Waals surface area contributed by atoms with Gasteiger partial charge in [0, 0.05) is 6.54 Å². The van der Waals surface area contributed by atoms with Gasteiger partial charge in [-0.15, -0.1) is 0 Å². The molecule has 3 nitrogen and oxygen atoms in total. The molecule has 0 aliphatic carbocycles. The van der Waals surface area contributed by atoms with Crippen LogP contribution in [0.3, 0.4) is 0 Å². The van der Waals surface area contributed by atoms with Crippen LogP contribution in [0.25, 0.3) is 0 Å². The molecule has 1 atom stereocenters. The second kappa shape index (κ2) is 4.62. The molecule has 0 spiro atoms. The normalized spacial score (nSPS) is 23.9. The first-order valence-corrected chi connectivity index (χ1v) is 5.33. The van der Waals surface area contributed by atoms with Crippen molar-refractivity contribution in [2.45, 2.75) is 19.4 Å². The second-order valence-electron chi connectivity index (χ2n) is 4.06. The van der Waals surface area contributed by atoms with Gasteiger partial charge < -0.3 is 10.2 Å². The summed E-state index contributed by atoms with van der Waals surface area (Å²) in [6.07, 6.45) is 4.29. The number of hydrogen-bond donors (Lipinski definition) is 1. The van der Waals surface area contributed by atoms with Crippen molar-refractivity contribution in [2.75, 3.05) is 19.6 Å². The molecule has 0 bridgehead atoms. The minimum absolute atomic E-state index is 0.679. The van der Waals surface area contributed by atoms with Crippen molar-refractivity contribution in [1.82, 2.24) is 4.90 Å². The van der Waals surface area contributed by atoms with Gasteiger partial charge in [0.15, 0.2) is 0 Å². The topological polar surface area (TPSA) is 42.4 Å². The summed E-state index contributed by atoms with van der Waals surface area (Å²) in [6.45, 7) is 4.05. The van der Waals surface area contributed by atoms with Crippen LogP contribution in [0.15, 0.2) is 22.8 Å². The molecule has 0 radical (unpaired) electrons. The lowest BCUT2D eigenvalue weighted by Crippen LogP contribution is -2.37. The van der Waals surface area contributed by atoms with Gasteiger partial charge in [-0.25, -0.2) is 0 Å². The Labute approximate surface area is 84.9 Å². The highest BCUT2D eigenvalue weighted by molar-refractivity contribution is 4.98. The van der Waals surface area contributed by atoms with Gasteiger partial charge in [-0.05, 0) is 44.0 Å². The van der Waals surface area contributed by atoms with Crippen molar-refractivity contribution in [2.24, 2.45) is 11.7 Å². The second-order valence-corrected chi connectivity index (χ2v) is 4.06. The highest BCUT2D eigenvalue weighted by atomic mass is 16.3. The van der Waals surface area contributed by atoms with Crippen molar-refractivity contribution in [3.05, 3.63) is 24.2 Å². The first-order chi connectivity index (χ1) is 6.88. The van der Waals surface area contributed by atoms with Gasteiger partial charge in [0.05, 0.1) is 12.8 Å². The zero-order valence-electron chi connectivity index (χ0n) is 8.48. The van der Waals surface area contributed by atoms with Gasteiger partial charge in [0.2, 0.25) is 0 Å². The fraction of sp³-hybridized carbons (Fsp3) is 0.636. The number of furan rings is 1. The Balaban J connectivity index is 1.86. The summed E-state index contributed by atoms with van der Waals surface area (Å²) in [5.74, 6) is 1.74. The van der Waals surface area contributed by atoms with E-state index in [1.54, 1.807) is 6.26 Å². The number of piperidine rings is 1. The third kappa shape index (κ3) is 2.36. The largest absolute Gasteiger partial charge is 0.468 e. The molecule has 2 N–H and O–H groups in total. The average Bonchev–Trinajstić information content (AvgIpc) is 2.71. The monoisotopic (exact) mass is 194 g/mol. The summed E-state index contributed by atoms with van der Waals surface area (Å²) in [6, 6.07) is 3.98. The number of nitrogens with two attached hydrogens (primary N) is 1. The summed E-state index contributed by atoms with van der Waals surface area (Å²) in [5, 5.41) is 0. The molecule has 0 saturated carbocycles. The fourth-order valence-electron chi connectivity index (χ4n) is 2.11. The average molecular weight is 194 g/mol. The molecule has 2 heterocycles. The van der Waals surface area contributed by atoms with E-state index in [9.17, 15) is 0 Å². The molecule has 78 valence electrons. The minimum Gasteiger partial charge on any atom is -0.468 e. The standard InChI is InChI=1S/C11H18N2O/c12-7-10-3-1-5-13(8-10)9-11-4-2-6-14-11/h2,4,6,10H,1,3,5,7-9,12H2. The van der Waals surface area contributed by atoms with E-state index in [1.807, 2.05) is 12.1 Å². The van der Waals surface area contributed by atoms with Gasteiger partial charge in [-0.2, -0.15) is 0 Å². The van der Waals surface area contributed by atoms with Crippen LogP contribution in [0.5, 0.6) is 0 Å². The lowest BCUT2D eigenvalue weighted by molar-refractivity contribution is 0.160. The number of hydrogen-bond acceptors (Lipinski definition) is 3. The van der Waals surface area contributed by atoms with Crippen LogP contribution in [0.1, 0.15) is 18.6 Å². The molecule has 1 saturated heterocycles. The maximum Gasteiger partial charge on any atom is 0.117 e. The maximum atomic E-state index is 5.69. The molecule has 3 heteroatoms. The van der Waals surface area contributed by atoms with Crippen LogP contribution in [-0.2, 0) is 6.54 Å². The van der Waals surface area contributed by atoms with Crippen LogP contribution >= 0.6 is 0 Å². The third-order valence-corrected chi connectivity index (χ3v) is 2.90. The first kappa shape index (κ1) is 9.74. The summed E-state index contributed by atoms with van der Waals surface area (Å²) in [7, 11) is 0. The Morgan fingerprint density at radius 2 is 2.50 bits per heavy atom. The van der Waals surface area contributed by atoms with Crippen LogP contribution in [0, 0.1) is 5.92 Å². The molecular weight excluding hydrogens is 176 g/mol. The molecule has 1 aromatic heterocycles.